The molecule has 2 aromatic rings. The van der Waals surface area contributed by atoms with E-state index in [0.717, 1.165) is 16.8 Å². The number of amides is 1. The smallest absolute Gasteiger partial charge is 0.241 e. The van der Waals surface area contributed by atoms with Crippen molar-refractivity contribution in [3.05, 3.63) is 35.2 Å². The summed E-state index contributed by atoms with van der Waals surface area (Å²) in [6.45, 7) is 2.03. The Hall–Kier alpha value is -1.39. The molecule has 5 heteroatoms. The number of rotatable bonds is 3. The van der Waals surface area contributed by atoms with E-state index in [9.17, 15) is 4.79 Å². The number of carbonyl (C=O) groups excluding carboxylic acids is 1. The summed E-state index contributed by atoms with van der Waals surface area (Å²) < 4.78 is 0. The molecule has 0 aliphatic heterocycles. The lowest BCUT2D eigenvalue weighted by atomic mass is 10.1. The molecule has 1 aromatic heterocycles. The number of thiazole rings is 1. The highest BCUT2D eigenvalue weighted by Gasteiger charge is 2.08. The Labute approximate surface area is 108 Å². The summed E-state index contributed by atoms with van der Waals surface area (Å²) in [7, 11) is 0. The van der Waals surface area contributed by atoms with E-state index in [1.807, 2.05) is 36.6 Å². The number of alkyl halides is 1. The van der Waals surface area contributed by atoms with Crippen LogP contribution >= 0.6 is 22.9 Å². The summed E-state index contributed by atoms with van der Waals surface area (Å²) in [6.07, 6.45) is 0. The second kappa shape index (κ2) is 5.29. The van der Waals surface area contributed by atoms with Crippen molar-refractivity contribution < 1.29 is 4.79 Å². The van der Waals surface area contributed by atoms with Gasteiger partial charge in [-0.05, 0) is 12.5 Å². The van der Waals surface area contributed by atoms with Gasteiger partial charge < -0.3 is 5.32 Å². The van der Waals surface area contributed by atoms with E-state index in [-0.39, 0.29) is 11.8 Å². The van der Waals surface area contributed by atoms with Gasteiger partial charge in [-0.2, -0.15) is 0 Å². The van der Waals surface area contributed by atoms with Gasteiger partial charge in [-0.15, -0.1) is 22.9 Å². The summed E-state index contributed by atoms with van der Waals surface area (Å²) in [6, 6.07) is 8.00. The van der Waals surface area contributed by atoms with Crippen molar-refractivity contribution in [3.8, 4) is 11.3 Å². The third kappa shape index (κ3) is 2.84. The van der Waals surface area contributed by atoms with Crippen LogP contribution in [0.25, 0.3) is 11.3 Å². The highest BCUT2D eigenvalue weighted by Crippen LogP contribution is 2.27. The molecule has 0 bridgehead atoms. The fraction of sp³-hybridized carbons (Fsp3) is 0.167. The number of nitrogens with one attached hydrogen (secondary N) is 1. The van der Waals surface area contributed by atoms with E-state index in [1.54, 1.807) is 0 Å². The molecule has 0 saturated carbocycles. The molecule has 0 aliphatic rings. The average Bonchev–Trinajstić information content (AvgIpc) is 2.78. The predicted molar refractivity (Wildman–Crippen MR) is 71.6 cm³/mol. The molecule has 17 heavy (non-hydrogen) atoms. The van der Waals surface area contributed by atoms with Crippen LogP contribution in [0.1, 0.15) is 5.56 Å². The Balaban J connectivity index is 2.24. The molecule has 0 radical (unpaired) electrons. The van der Waals surface area contributed by atoms with Crippen molar-refractivity contribution in [1.29, 1.82) is 0 Å². The first-order chi connectivity index (χ1) is 8.20. The van der Waals surface area contributed by atoms with Gasteiger partial charge in [0.1, 0.15) is 5.88 Å². The maximum atomic E-state index is 11.1. The molecule has 0 fully saturated rings. The monoisotopic (exact) mass is 266 g/mol. The second-order valence-corrected chi connectivity index (χ2v) is 4.66. The van der Waals surface area contributed by atoms with Crippen LogP contribution in [0.5, 0.6) is 0 Å². The Kier molecular flexibility index (Phi) is 3.76. The highest BCUT2D eigenvalue weighted by atomic mass is 35.5. The molecule has 1 aromatic carbocycles. The molecule has 0 spiro atoms. The quantitative estimate of drug-likeness (QED) is 0.866. The predicted octanol–water partition coefficient (Wildman–Crippen LogP) is 3.30. The van der Waals surface area contributed by atoms with Crippen LogP contribution < -0.4 is 5.32 Å². The van der Waals surface area contributed by atoms with Gasteiger partial charge in [0, 0.05) is 10.9 Å². The normalized spacial score (nSPS) is 10.2. The van der Waals surface area contributed by atoms with Crippen molar-refractivity contribution in [2.24, 2.45) is 0 Å². The molecule has 0 aliphatic carbocycles. The number of hydrogen-bond acceptors (Lipinski definition) is 3. The summed E-state index contributed by atoms with van der Waals surface area (Å²) in [5.41, 5.74) is 3.11. The lowest BCUT2D eigenvalue weighted by Crippen LogP contribution is -2.12. The Morgan fingerprint density at radius 3 is 2.94 bits per heavy atom. The molecule has 1 heterocycles. The van der Waals surface area contributed by atoms with Crippen molar-refractivity contribution >= 4 is 34.0 Å². The van der Waals surface area contributed by atoms with Crippen LogP contribution in [0.2, 0.25) is 0 Å². The molecule has 0 atom stereocenters. The molecule has 88 valence electrons. The summed E-state index contributed by atoms with van der Waals surface area (Å²) in [5.74, 6) is -0.295. The fourth-order valence-electron chi connectivity index (χ4n) is 1.47. The Morgan fingerprint density at radius 1 is 1.47 bits per heavy atom. The van der Waals surface area contributed by atoms with E-state index >= 15 is 0 Å². The molecule has 3 nitrogen and oxygen atoms in total. The van der Waals surface area contributed by atoms with Crippen LogP contribution in [-0.4, -0.2) is 16.8 Å². The molecular weight excluding hydrogens is 256 g/mol. The lowest BCUT2D eigenvalue weighted by molar-refractivity contribution is -0.113. The number of benzene rings is 1. The van der Waals surface area contributed by atoms with E-state index in [2.05, 4.69) is 10.3 Å². The highest BCUT2D eigenvalue weighted by molar-refractivity contribution is 7.14. The molecular formula is C12H11ClN2OS. The maximum Gasteiger partial charge on any atom is 0.241 e. The zero-order valence-corrected chi connectivity index (χ0v) is 10.8. The first-order valence-corrected chi connectivity index (χ1v) is 6.49. The van der Waals surface area contributed by atoms with E-state index < -0.39 is 0 Å². The number of carbonyl (C=O) groups is 1. The number of hydrogen-bond donors (Lipinski definition) is 1. The SMILES string of the molecule is Cc1ccccc1-c1csc(NC(=O)CCl)n1. The Bertz CT molecular complexity index is 539. The van der Waals surface area contributed by atoms with Gasteiger partial charge in [-0.1, -0.05) is 24.3 Å². The maximum absolute atomic E-state index is 11.1. The fourth-order valence-corrected chi connectivity index (χ4v) is 2.26. The zero-order chi connectivity index (χ0) is 12.3. The average molecular weight is 267 g/mol. The van der Waals surface area contributed by atoms with Gasteiger partial charge in [0.05, 0.1) is 5.69 Å². The van der Waals surface area contributed by atoms with Crippen LogP contribution in [0, 0.1) is 6.92 Å². The number of aromatic nitrogens is 1. The third-order valence-corrected chi connectivity index (χ3v) is 3.29. The molecule has 0 unspecified atom stereocenters. The van der Waals surface area contributed by atoms with Gasteiger partial charge in [0.25, 0.3) is 0 Å². The van der Waals surface area contributed by atoms with Gasteiger partial charge in [0.15, 0.2) is 5.13 Å². The van der Waals surface area contributed by atoms with Crippen LogP contribution in [0.3, 0.4) is 0 Å². The van der Waals surface area contributed by atoms with Gasteiger partial charge in [-0.25, -0.2) is 4.98 Å². The summed E-state index contributed by atoms with van der Waals surface area (Å²) in [4.78, 5) is 15.5. The van der Waals surface area contributed by atoms with Crippen molar-refractivity contribution in [3.63, 3.8) is 0 Å². The first kappa shape index (κ1) is 12.1. The lowest BCUT2D eigenvalue weighted by Gasteiger charge is -2.01. The number of nitrogens with zero attached hydrogens (tertiary/aromatic N) is 1. The van der Waals surface area contributed by atoms with Crippen molar-refractivity contribution in [1.82, 2.24) is 4.98 Å². The van der Waals surface area contributed by atoms with Crippen LogP contribution in [0.15, 0.2) is 29.6 Å². The van der Waals surface area contributed by atoms with Crippen molar-refractivity contribution in [2.75, 3.05) is 11.2 Å². The summed E-state index contributed by atoms with van der Waals surface area (Å²) >= 11 is 6.81. The topological polar surface area (TPSA) is 42.0 Å². The number of halogens is 1. The van der Waals surface area contributed by atoms with Gasteiger partial charge in [-0.3, -0.25) is 4.79 Å². The third-order valence-electron chi connectivity index (χ3n) is 2.29. The minimum Gasteiger partial charge on any atom is -0.301 e. The Morgan fingerprint density at radius 2 is 2.24 bits per heavy atom. The second-order valence-electron chi connectivity index (χ2n) is 3.53. The minimum absolute atomic E-state index is 0.0563. The van der Waals surface area contributed by atoms with Crippen molar-refractivity contribution in [2.45, 2.75) is 6.92 Å². The molecule has 2 rings (SSSR count). The largest absolute Gasteiger partial charge is 0.301 e. The van der Waals surface area contributed by atoms with Gasteiger partial charge in [0.2, 0.25) is 5.91 Å². The van der Waals surface area contributed by atoms with E-state index in [4.69, 9.17) is 11.6 Å². The minimum atomic E-state index is -0.239. The number of anilines is 1. The van der Waals surface area contributed by atoms with E-state index in [0.29, 0.717) is 5.13 Å². The molecule has 1 N–H and O–H groups in total. The summed E-state index contributed by atoms with van der Waals surface area (Å²) in [5, 5.41) is 5.14. The molecule has 1 amide bonds. The van der Waals surface area contributed by atoms with Crippen LogP contribution in [0.4, 0.5) is 5.13 Å². The standard InChI is InChI=1S/C12H11ClN2OS/c1-8-4-2-3-5-9(8)10-7-17-12(14-10)15-11(16)6-13/h2-5,7H,6H2,1H3,(H,14,15,16). The first-order valence-electron chi connectivity index (χ1n) is 5.08. The zero-order valence-electron chi connectivity index (χ0n) is 9.24. The van der Waals surface area contributed by atoms with Crippen LogP contribution in [-0.2, 0) is 4.79 Å². The number of aryl methyl sites for hydroxylation is 1. The van der Waals surface area contributed by atoms with E-state index in [1.165, 1.54) is 11.3 Å². The molecule has 0 saturated heterocycles. The van der Waals surface area contributed by atoms with Gasteiger partial charge >= 0.3 is 0 Å².